The van der Waals surface area contributed by atoms with E-state index in [1.54, 1.807) is 0 Å². The Morgan fingerprint density at radius 2 is 1.30 bits per heavy atom. The van der Waals surface area contributed by atoms with Crippen molar-refractivity contribution < 1.29 is 38.9 Å². The highest BCUT2D eigenvalue weighted by atomic mass is 16.5. The smallest absolute Gasteiger partial charge is 0.326 e. The Bertz CT molecular complexity index is 2380. The molecule has 0 unspecified atom stereocenters. The number of rotatable bonds is 24. The highest BCUT2D eigenvalue weighted by Crippen LogP contribution is 2.77. The maximum atomic E-state index is 14.8. The van der Waals surface area contributed by atoms with Crippen molar-refractivity contribution in [3.8, 4) is 0 Å². The number of amides is 3. The molecule has 0 radical (unpaired) electrons. The summed E-state index contributed by atoms with van der Waals surface area (Å²) in [5.74, 6) is -2.53. The molecule has 5 aliphatic rings. The van der Waals surface area contributed by atoms with Crippen LogP contribution in [-0.2, 0) is 41.9 Å². The van der Waals surface area contributed by atoms with Gasteiger partial charge in [-0.25, -0.2) is 9.48 Å². The molecule has 17 N–H and O–H groups in total. The number of ether oxygens (including phenoxy) is 1. The summed E-state index contributed by atoms with van der Waals surface area (Å²) in [6.45, 7) is 18.7. The second-order valence-electron chi connectivity index (χ2n) is 24.1. The molecule has 13 atom stereocenters. The van der Waals surface area contributed by atoms with Crippen LogP contribution in [0.25, 0.3) is 0 Å². The van der Waals surface area contributed by atoms with Crippen molar-refractivity contribution in [3.63, 3.8) is 0 Å². The van der Waals surface area contributed by atoms with Crippen LogP contribution in [-0.4, -0.2) is 117 Å². The molecule has 424 valence electrons. The molecule has 0 bridgehead atoms. The number of allylic oxidation sites excluding steroid dienone is 1. The second-order valence-corrected chi connectivity index (χ2v) is 24.1. The Kier molecular flexibility index (Phi) is 18.8. The molecule has 6 rings (SSSR count). The Morgan fingerprint density at radius 3 is 1.87 bits per heavy atom. The molecule has 5 saturated carbocycles. The Labute approximate surface area is 447 Å². The Morgan fingerprint density at radius 1 is 0.737 bits per heavy atom. The fourth-order valence-electron chi connectivity index (χ4n) is 15.5. The van der Waals surface area contributed by atoms with Gasteiger partial charge in [-0.05, 0) is 161 Å². The lowest BCUT2D eigenvalue weighted by atomic mass is 9.32. The number of aromatic nitrogens is 3. The van der Waals surface area contributed by atoms with Crippen molar-refractivity contribution in [2.75, 3.05) is 19.6 Å². The van der Waals surface area contributed by atoms with E-state index in [-0.39, 0.29) is 135 Å². The molecule has 0 saturated heterocycles. The van der Waals surface area contributed by atoms with Gasteiger partial charge in [0.15, 0.2) is 17.9 Å². The zero-order valence-electron chi connectivity index (χ0n) is 45.8. The summed E-state index contributed by atoms with van der Waals surface area (Å²) < 4.78 is 7.52. The Balaban J connectivity index is 1.12. The predicted molar refractivity (Wildman–Crippen MR) is 288 cm³/mol. The van der Waals surface area contributed by atoms with Crippen LogP contribution in [0.3, 0.4) is 0 Å². The van der Waals surface area contributed by atoms with Gasteiger partial charge in [-0.3, -0.25) is 34.2 Å². The zero-order valence-corrected chi connectivity index (χ0v) is 45.8. The highest BCUT2D eigenvalue weighted by molar-refractivity contribution is 5.93. The lowest BCUT2D eigenvalue weighted by Gasteiger charge is -2.72. The molecule has 5 aliphatic carbocycles. The van der Waals surface area contributed by atoms with Crippen LogP contribution in [0.1, 0.15) is 150 Å². The van der Waals surface area contributed by atoms with E-state index in [1.165, 1.54) is 10.9 Å². The first-order valence-electron chi connectivity index (χ1n) is 27.4. The molecular weight excluding hydrogens is 975 g/mol. The number of carbonyl (C=O) groups is 5. The van der Waals surface area contributed by atoms with Crippen molar-refractivity contribution >= 4 is 47.5 Å². The molecule has 1 aromatic heterocycles. The molecule has 23 heteroatoms. The van der Waals surface area contributed by atoms with Gasteiger partial charge in [0.25, 0.3) is 0 Å². The monoisotopic (exact) mass is 1060 g/mol. The fraction of sp³-hybridized carbons (Fsp3) is 0.774. The maximum absolute atomic E-state index is 14.8. The summed E-state index contributed by atoms with van der Waals surface area (Å²) in [6, 6.07) is -3.78. The number of aliphatic hydroxyl groups is 1. The number of guanidine groups is 3. The fourth-order valence-corrected chi connectivity index (χ4v) is 15.5. The van der Waals surface area contributed by atoms with Crippen molar-refractivity contribution in [3.05, 3.63) is 24.0 Å². The number of carboxylic acid groups (broad SMARTS) is 1. The van der Waals surface area contributed by atoms with Crippen LogP contribution in [0.4, 0.5) is 0 Å². The number of aliphatic hydroxyl groups excluding tert-OH is 1. The second kappa shape index (κ2) is 24.1. The summed E-state index contributed by atoms with van der Waals surface area (Å²) in [7, 11) is 0. The van der Waals surface area contributed by atoms with Crippen molar-refractivity contribution in [1.29, 1.82) is 0 Å². The highest BCUT2D eigenvalue weighted by Gasteiger charge is 2.72. The van der Waals surface area contributed by atoms with Gasteiger partial charge in [0, 0.05) is 19.6 Å². The quantitative estimate of drug-likeness (QED) is 0.0232. The average molecular weight is 1060 g/mol. The molecule has 0 aliphatic heterocycles. The number of fused-ring (bicyclic) bond motifs is 7. The van der Waals surface area contributed by atoms with Crippen molar-refractivity contribution in [2.45, 2.75) is 182 Å². The molecule has 3 amide bonds. The zero-order chi connectivity index (χ0) is 56.0. The van der Waals surface area contributed by atoms with Crippen LogP contribution in [0, 0.1) is 56.7 Å². The summed E-state index contributed by atoms with van der Waals surface area (Å²) in [5.41, 5.74) is 33.7. The van der Waals surface area contributed by atoms with E-state index in [2.05, 4.69) is 89.4 Å². The molecule has 0 spiro atoms. The number of hydrogen-bond acceptors (Lipinski definition) is 12. The molecule has 76 heavy (non-hydrogen) atoms. The number of carbonyl (C=O) groups excluding carboxylic acids is 4. The van der Waals surface area contributed by atoms with Crippen molar-refractivity contribution in [1.82, 2.24) is 30.9 Å². The largest absolute Gasteiger partial charge is 0.480 e. The van der Waals surface area contributed by atoms with E-state index in [9.17, 15) is 34.2 Å². The number of aliphatic imine (C=N–C) groups is 3. The number of nitrogens with zero attached hydrogens (tertiary/aromatic N) is 6. The van der Waals surface area contributed by atoms with Crippen LogP contribution in [0.2, 0.25) is 0 Å². The summed E-state index contributed by atoms with van der Waals surface area (Å²) in [6.07, 6.45) is 11.6. The number of nitrogens with one attached hydrogen (secondary N) is 3. The van der Waals surface area contributed by atoms with Crippen LogP contribution < -0.4 is 50.4 Å². The van der Waals surface area contributed by atoms with Gasteiger partial charge in [-0.15, -0.1) is 5.10 Å². The third-order valence-corrected chi connectivity index (χ3v) is 19.4. The predicted octanol–water partition coefficient (Wildman–Crippen LogP) is 2.04. The molecule has 23 nitrogen and oxygen atoms in total. The molecular formula is C53H89N15O8. The van der Waals surface area contributed by atoms with Crippen LogP contribution in [0.5, 0.6) is 0 Å². The van der Waals surface area contributed by atoms with E-state index in [0.717, 1.165) is 69.8 Å². The molecule has 5 fully saturated rings. The summed E-state index contributed by atoms with van der Waals surface area (Å²) in [5, 5.41) is 37.3. The van der Waals surface area contributed by atoms with E-state index in [1.807, 2.05) is 0 Å². The Hall–Kier alpha value is -6.00. The van der Waals surface area contributed by atoms with Crippen LogP contribution in [0.15, 0.2) is 33.3 Å². The summed E-state index contributed by atoms with van der Waals surface area (Å²) in [4.78, 5) is 80.0. The van der Waals surface area contributed by atoms with Gasteiger partial charge in [0.05, 0.1) is 17.7 Å². The third kappa shape index (κ3) is 12.5. The van der Waals surface area contributed by atoms with Gasteiger partial charge in [0.1, 0.15) is 37.0 Å². The molecule has 0 aromatic carbocycles. The minimum Gasteiger partial charge on any atom is -0.480 e. The first-order valence-corrected chi connectivity index (χ1v) is 27.4. The SMILES string of the molecule is C=C(C)[C@@H]1CC[C@]2(C(=O)OCc3cn(CC(=O)N[C@@H](CCCN=C(N)N)C(=O)N[C@@H](CCCN=C(N)N)C(=O)N[C@@H](CCCN=C(N)N)C(=O)O)nn3)CC[C@]3(C)[C@H](CC[C@@H]4[C@@]5(C)CC[C@H](O)C(C)(C)[C@@H]5CC[C@]43C)[C@@H]12. The summed E-state index contributed by atoms with van der Waals surface area (Å²) >= 11 is 0. The van der Waals surface area contributed by atoms with E-state index >= 15 is 0 Å². The van der Waals surface area contributed by atoms with E-state index < -0.39 is 47.2 Å². The van der Waals surface area contributed by atoms with Gasteiger partial charge < -0.3 is 65.3 Å². The first-order chi connectivity index (χ1) is 35.7. The molecule has 1 aromatic rings. The molecule has 1 heterocycles. The normalized spacial score (nSPS) is 31.2. The topological polar surface area (TPSA) is 395 Å². The minimum atomic E-state index is -1.33. The van der Waals surface area contributed by atoms with Gasteiger partial charge in [-0.1, -0.05) is 52.0 Å². The van der Waals surface area contributed by atoms with Gasteiger partial charge in [0.2, 0.25) is 17.7 Å². The average Bonchev–Trinajstić information content (AvgIpc) is 4.00. The van der Waals surface area contributed by atoms with E-state index in [0.29, 0.717) is 23.4 Å². The lowest BCUT2D eigenvalue weighted by Crippen LogP contribution is -2.67. The maximum Gasteiger partial charge on any atom is 0.326 e. The number of carboxylic acids is 1. The van der Waals surface area contributed by atoms with E-state index in [4.69, 9.17) is 39.1 Å². The number of aliphatic carboxylic acids is 1. The standard InChI is InChI=1S/C53H89N15O8/c1-30(2)32-16-21-53(23-22-51(6)33(41(32)53)14-15-38-50(5)19-18-39(69)49(3,4)37(50)17-20-52(38,51)7)45(75)76-29-31-27-68(67-66-31)28-40(70)63-34(11-8-24-60-46(54)55)42(71)64-35(12-9-25-61-47(56)57)43(72)65-36(44(73)74)13-10-26-62-48(58)59/h27,32-39,41,69H,1,8-26,28-29H2,2-7H3,(H,63,70)(H,64,71)(H,65,72)(H,73,74)(H4,54,55,60)(H4,56,57,61)(H4,58,59,62)/t32-,33+,34-,35-,36-,37-,38+,39-,41+,50-,51+,52+,53-/m0/s1. The van der Waals surface area contributed by atoms with Crippen molar-refractivity contribution in [2.24, 2.45) is 106 Å². The number of nitrogens with two attached hydrogens (primary N) is 6. The van der Waals surface area contributed by atoms with Crippen LogP contribution >= 0.6 is 0 Å². The number of esters is 1. The van der Waals surface area contributed by atoms with Gasteiger partial charge in [-0.2, -0.15) is 0 Å². The lowest BCUT2D eigenvalue weighted by molar-refractivity contribution is -0.248. The first kappa shape index (κ1) is 59.2. The van der Waals surface area contributed by atoms with Gasteiger partial charge >= 0.3 is 11.9 Å². The minimum absolute atomic E-state index is 0.00723. The number of hydrogen-bond donors (Lipinski definition) is 11. The third-order valence-electron chi connectivity index (χ3n) is 19.4.